The number of nitrogens with zero attached hydrogens (tertiary/aromatic N) is 3. The summed E-state index contributed by atoms with van der Waals surface area (Å²) in [6, 6.07) is 12.9. The van der Waals surface area contributed by atoms with E-state index in [0.29, 0.717) is 5.57 Å². The van der Waals surface area contributed by atoms with Gasteiger partial charge in [0.15, 0.2) is 0 Å². The maximum Gasteiger partial charge on any atom is 0.321 e. The summed E-state index contributed by atoms with van der Waals surface area (Å²) in [5.74, 6) is -0.968. The number of benzene rings is 2. The molecule has 6 heteroatoms. The van der Waals surface area contributed by atoms with Crippen molar-refractivity contribution in [3.05, 3.63) is 77.4 Å². The number of urea groups is 1. The van der Waals surface area contributed by atoms with Gasteiger partial charge < -0.3 is 14.7 Å². The summed E-state index contributed by atoms with van der Waals surface area (Å²) in [6.45, 7) is 2.17. The Morgan fingerprint density at radius 1 is 1.07 bits per heavy atom. The van der Waals surface area contributed by atoms with Crippen molar-refractivity contribution in [3.8, 4) is 0 Å². The van der Waals surface area contributed by atoms with Crippen LogP contribution in [-0.4, -0.2) is 60.5 Å². The number of carbonyl (C=O) groups excluding carboxylic acids is 1. The van der Waals surface area contributed by atoms with Crippen molar-refractivity contribution < 1.29 is 13.6 Å². The van der Waals surface area contributed by atoms with Crippen LogP contribution in [0.15, 0.2) is 54.6 Å². The van der Waals surface area contributed by atoms with Crippen LogP contribution in [0.1, 0.15) is 30.0 Å². The van der Waals surface area contributed by atoms with Gasteiger partial charge in [-0.3, -0.25) is 0 Å². The van der Waals surface area contributed by atoms with Gasteiger partial charge in [0.25, 0.3) is 0 Å². The van der Waals surface area contributed by atoms with Gasteiger partial charge in [-0.25, -0.2) is 13.6 Å². The molecule has 0 aromatic heterocycles. The highest BCUT2D eigenvalue weighted by Gasteiger charge is 2.35. The molecule has 0 saturated carbocycles. The summed E-state index contributed by atoms with van der Waals surface area (Å²) in [4.78, 5) is 19.3. The third kappa shape index (κ3) is 4.10. The second kappa shape index (κ2) is 8.56. The summed E-state index contributed by atoms with van der Waals surface area (Å²) < 4.78 is 28.2. The Morgan fingerprint density at radius 2 is 1.77 bits per heavy atom. The summed E-state index contributed by atoms with van der Waals surface area (Å²) in [7, 11) is 3.94. The van der Waals surface area contributed by atoms with E-state index in [1.165, 1.54) is 6.07 Å². The van der Waals surface area contributed by atoms with E-state index in [1.807, 2.05) is 48.4 Å². The molecule has 2 aliphatic rings. The lowest BCUT2D eigenvalue weighted by atomic mass is 10.0. The smallest absolute Gasteiger partial charge is 0.321 e. The van der Waals surface area contributed by atoms with Crippen molar-refractivity contribution in [1.82, 2.24) is 14.7 Å². The third-order valence-electron chi connectivity index (χ3n) is 6.23. The van der Waals surface area contributed by atoms with E-state index in [1.54, 1.807) is 4.90 Å². The molecule has 4 rings (SSSR count). The first-order valence-electron chi connectivity index (χ1n) is 10.4. The minimum Gasteiger partial charge on any atom is -0.325 e. The van der Waals surface area contributed by atoms with Crippen molar-refractivity contribution in [3.63, 3.8) is 0 Å². The van der Waals surface area contributed by atoms with E-state index in [0.717, 1.165) is 43.6 Å². The van der Waals surface area contributed by atoms with Gasteiger partial charge in [0.05, 0.1) is 6.04 Å². The number of rotatable bonds is 3. The SMILES string of the molecule is CN1CCC(N(C)C(=O)N2CC(c3cc(F)ccc3F)=C[C@H]2c2ccccc2)CC1. The average Bonchev–Trinajstić information content (AvgIpc) is 3.21. The first-order valence-corrected chi connectivity index (χ1v) is 10.4. The van der Waals surface area contributed by atoms with Crippen molar-refractivity contribution in [2.24, 2.45) is 0 Å². The fraction of sp³-hybridized carbons (Fsp3) is 0.375. The number of hydrogen-bond donors (Lipinski definition) is 0. The van der Waals surface area contributed by atoms with Gasteiger partial charge in [0.1, 0.15) is 11.6 Å². The minimum absolute atomic E-state index is 0.0820. The fourth-order valence-electron chi connectivity index (χ4n) is 4.39. The van der Waals surface area contributed by atoms with E-state index in [4.69, 9.17) is 0 Å². The number of carbonyl (C=O) groups is 1. The second-order valence-electron chi connectivity index (χ2n) is 8.23. The summed E-state index contributed by atoms with van der Waals surface area (Å²) >= 11 is 0. The van der Waals surface area contributed by atoms with Gasteiger partial charge in [0, 0.05) is 25.2 Å². The average molecular weight is 411 g/mol. The molecular weight excluding hydrogens is 384 g/mol. The fourth-order valence-corrected chi connectivity index (χ4v) is 4.39. The van der Waals surface area contributed by atoms with Crippen LogP contribution >= 0.6 is 0 Å². The van der Waals surface area contributed by atoms with Crippen molar-refractivity contribution in [1.29, 1.82) is 0 Å². The molecule has 0 N–H and O–H groups in total. The standard InChI is InChI=1S/C24H27F2N3O/c1-27-12-10-20(11-13-27)28(2)24(30)29-16-18(21-15-19(25)8-9-22(21)26)14-23(29)17-6-4-3-5-7-17/h3-9,14-15,20,23H,10-13,16H2,1-2H3/t23-/m0/s1. The van der Waals surface area contributed by atoms with Crippen LogP contribution in [0.25, 0.3) is 5.57 Å². The predicted molar refractivity (Wildman–Crippen MR) is 114 cm³/mol. The zero-order valence-corrected chi connectivity index (χ0v) is 17.4. The molecule has 0 bridgehead atoms. The minimum atomic E-state index is -0.489. The third-order valence-corrected chi connectivity index (χ3v) is 6.23. The molecule has 1 saturated heterocycles. The Balaban J connectivity index is 1.63. The number of piperidine rings is 1. The molecule has 2 aliphatic heterocycles. The summed E-state index contributed by atoms with van der Waals surface area (Å²) in [5, 5.41) is 0. The lowest BCUT2D eigenvalue weighted by molar-refractivity contribution is 0.118. The van der Waals surface area contributed by atoms with E-state index in [9.17, 15) is 13.6 Å². The quantitative estimate of drug-likeness (QED) is 0.741. The molecule has 4 nitrogen and oxygen atoms in total. The van der Waals surface area contributed by atoms with Crippen LogP contribution in [0.5, 0.6) is 0 Å². The molecular formula is C24H27F2N3O. The van der Waals surface area contributed by atoms with Crippen LogP contribution in [0, 0.1) is 11.6 Å². The van der Waals surface area contributed by atoms with Crippen LogP contribution in [0.2, 0.25) is 0 Å². The maximum absolute atomic E-state index is 14.4. The van der Waals surface area contributed by atoms with E-state index in [-0.39, 0.29) is 30.2 Å². The molecule has 30 heavy (non-hydrogen) atoms. The van der Waals surface area contributed by atoms with Gasteiger partial charge in [-0.15, -0.1) is 0 Å². The Morgan fingerprint density at radius 3 is 2.47 bits per heavy atom. The molecule has 158 valence electrons. The summed E-state index contributed by atoms with van der Waals surface area (Å²) in [5.41, 5.74) is 1.80. The van der Waals surface area contributed by atoms with E-state index in [2.05, 4.69) is 11.9 Å². The molecule has 2 aromatic rings. The maximum atomic E-state index is 14.4. The van der Waals surface area contributed by atoms with Gasteiger partial charge in [0.2, 0.25) is 0 Å². The predicted octanol–water partition coefficient (Wildman–Crippen LogP) is 4.55. The number of hydrogen-bond acceptors (Lipinski definition) is 2. The van der Waals surface area contributed by atoms with Gasteiger partial charge in [-0.2, -0.15) is 0 Å². The second-order valence-corrected chi connectivity index (χ2v) is 8.23. The monoisotopic (exact) mass is 411 g/mol. The zero-order valence-electron chi connectivity index (χ0n) is 17.4. The Kier molecular flexibility index (Phi) is 5.86. The number of halogens is 2. The molecule has 0 unspecified atom stereocenters. The summed E-state index contributed by atoms with van der Waals surface area (Å²) in [6.07, 6.45) is 3.75. The lowest BCUT2D eigenvalue weighted by Crippen LogP contribution is -2.49. The van der Waals surface area contributed by atoms with E-state index >= 15 is 0 Å². The Bertz CT molecular complexity index is 939. The Labute approximate surface area is 176 Å². The zero-order chi connectivity index (χ0) is 21.3. The van der Waals surface area contributed by atoms with Crippen molar-refractivity contribution in [2.45, 2.75) is 24.9 Å². The first kappa shape index (κ1) is 20.5. The number of likely N-dealkylation sites (tertiary alicyclic amines) is 1. The molecule has 2 aromatic carbocycles. The van der Waals surface area contributed by atoms with Crippen LogP contribution in [0.3, 0.4) is 0 Å². The molecule has 1 fully saturated rings. The van der Waals surface area contributed by atoms with Crippen molar-refractivity contribution >= 4 is 11.6 Å². The van der Waals surface area contributed by atoms with Crippen LogP contribution < -0.4 is 0 Å². The highest BCUT2D eigenvalue weighted by molar-refractivity contribution is 5.82. The highest BCUT2D eigenvalue weighted by atomic mass is 19.1. The van der Waals surface area contributed by atoms with Crippen LogP contribution in [-0.2, 0) is 0 Å². The molecule has 2 amide bonds. The van der Waals surface area contributed by atoms with Gasteiger partial charge in [-0.1, -0.05) is 36.4 Å². The largest absolute Gasteiger partial charge is 0.325 e. The lowest BCUT2D eigenvalue weighted by Gasteiger charge is -2.38. The molecule has 2 heterocycles. The van der Waals surface area contributed by atoms with Crippen LogP contribution in [0.4, 0.5) is 13.6 Å². The molecule has 1 atom stereocenters. The molecule has 0 radical (unpaired) electrons. The molecule has 0 spiro atoms. The topological polar surface area (TPSA) is 26.8 Å². The van der Waals surface area contributed by atoms with Gasteiger partial charge >= 0.3 is 6.03 Å². The normalized spacial score (nSPS) is 20.3. The van der Waals surface area contributed by atoms with Crippen molar-refractivity contribution in [2.75, 3.05) is 33.7 Å². The van der Waals surface area contributed by atoms with Gasteiger partial charge in [-0.05, 0) is 62.3 Å². The highest BCUT2D eigenvalue weighted by Crippen LogP contribution is 2.36. The Hall–Kier alpha value is -2.73. The molecule has 0 aliphatic carbocycles. The first-order chi connectivity index (χ1) is 14.4. The van der Waals surface area contributed by atoms with E-state index < -0.39 is 11.6 Å². The number of amides is 2.